The average Bonchev–Trinajstić information content (AvgIpc) is 2.53. The lowest BCUT2D eigenvalue weighted by molar-refractivity contribution is 0.0351. The first-order chi connectivity index (χ1) is 9.74. The molecule has 1 aliphatic heterocycles. The van der Waals surface area contributed by atoms with E-state index in [-0.39, 0.29) is 5.91 Å². The van der Waals surface area contributed by atoms with Gasteiger partial charge in [-0.2, -0.15) is 0 Å². The number of piperidine rings is 1. The second kappa shape index (κ2) is 7.29. The van der Waals surface area contributed by atoms with Crippen molar-refractivity contribution in [2.45, 2.75) is 32.3 Å². The van der Waals surface area contributed by atoms with Crippen LogP contribution in [0, 0.1) is 0 Å². The summed E-state index contributed by atoms with van der Waals surface area (Å²) in [6.45, 7) is 4.66. The smallest absolute Gasteiger partial charge is 0.253 e. The normalized spacial score (nSPS) is 16.2. The Hall–Kier alpha value is -1.55. The number of carbonyl (C=O) groups is 1. The van der Waals surface area contributed by atoms with Crippen molar-refractivity contribution in [3.8, 4) is 0 Å². The molecule has 4 heteroatoms. The third kappa shape index (κ3) is 3.73. The molecule has 4 nitrogen and oxygen atoms in total. The number of methoxy groups -OCH3 is 1. The van der Waals surface area contributed by atoms with Gasteiger partial charge in [-0.1, -0.05) is 6.92 Å². The molecule has 0 aromatic heterocycles. The lowest BCUT2D eigenvalue weighted by Gasteiger charge is -2.31. The van der Waals surface area contributed by atoms with E-state index in [9.17, 15) is 4.79 Å². The van der Waals surface area contributed by atoms with E-state index >= 15 is 0 Å². The molecule has 1 aliphatic rings. The van der Waals surface area contributed by atoms with Crippen LogP contribution in [0.5, 0.6) is 0 Å². The predicted octanol–water partition coefficient (Wildman–Crippen LogP) is 2.76. The molecule has 0 aliphatic carbocycles. The Labute approximate surface area is 121 Å². The molecule has 1 N–H and O–H groups in total. The summed E-state index contributed by atoms with van der Waals surface area (Å²) in [5, 5.41) is 3.31. The predicted molar refractivity (Wildman–Crippen MR) is 81.2 cm³/mol. The number of nitrogens with zero attached hydrogens (tertiary/aromatic N) is 1. The molecular formula is C16H24N2O2. The molecule has 1 aromatic rings. The highest BCUT2D eigenvalue weighted by Crippen LogP contribution is 2.17. The molecule has 1 saturated heterocycles. The van der Waals surface area contributed by atoms with Crippen molar-refractivity contribution in [1.29, 1.82) is 0 Å². The van der Waals surface area contributed by atoms with Gasteiger partial charge in [0.15, 0.2) is 0 Å². The van der Waals surface area contributed by atoms with Crippen LogP contribution >= 0.6 is 0 Å². The number of likely N-dealkylation sites (tertiary alicyclic amines) is 1. The number of rotatable bonds is 5. The van der Waals surface area contributed by atoms with Crippen LogP contribution in [0.3, 0.4) is 0 Å². The van der Waals surface area contributed by atoms with E-state index in [1.165, 1.54) is 0 Å². The van der Waals surface area contributed by atoms with Gasteiger partial charge in [-0.15, -0.1) is 0 Å². The highest BCUT2D eigenvalue weighted by Gasteiger charge is 2.23. The summed E-state index contributed by atoms with van der Waals surface area (Å²) in [4.78, 5) is 14.3. The minimum atomic E-state index is 0.126. The maximum absolute atomic E-state index is 12.4. The summed E-state index contributed by atoms with van der Waals surface area (Å²) in [5.74, 6) is 0.126. The van der Waals surface area contributed by atoms with Gasteiger partial charge in [-0.05, 0) is 43.5 Å². The van der Waals surface area contributed by atoms with Crippen LogP contribution in [0.25, 0.3) is 0 Å². The van der Waals surface area contributed by atoms with Gasteiger partial charge >= 0.3 is 0 Å². The Kier molecular flexibility index (Phi) is 5.41. The molecule has 0 spiro atoms. The topological polar surface area (TPSA) is 41.6 Å². The number of hydrogen-bond donors (Lipinski definition) is 1. The van der Waals surface area contributed by atoms with E-state index in [2.05, 4.69) is 12.2 Å². The van der Waals surface area contributed by atoms with Crippen molar-refractivity contribution in [1.82, 2.24) is 4.90 Å². The monoisotopic (exact) mass is 276 g/mol. The SMILES string of the molecule is CCCNc1ccc(C(=O)N2CCC(OC)CC2)cc1. The third-order valence-corrected chi connectivity index (χ3v) is 3.77. The minimum Gasteiger partial charge on any atom is -0.385 e. The van der Waals surface area contributed by atoms with Crippen molar-refractivity contribution in [2.24, 2.45) is 0 Å². The highest BCUT2D eigenvalue weighted by atomic mass is 16.5. The number of amides is 1. The minimum absolute atomic E-state index is 0.126. The van der Waals surface area contributed by atoms with Crippen LogP contribution in [0.4, 0.5) is 5.69 Å². The van der Waals surface area contributed by atoms with Crippen molar-refractivity contribution >= 4 is 11.6 Å². The Morgan fingerprint density at radius 1 is 1.30 bits per heavy atom. The number of benzene rings is 1. The van der Waals surface area contributed by atoms with Gasteiger partial charge in [0.05, 0.1) is 6.10 Å². The first-order valence-electron chi connectivity index (χ1n) is 7.40. The van der Waals surface area contributed by atoms with Gasteiger partial charge in [0.1, 0.15) is 0 Å². The van der Waals surface area contributed by atoms with Gasteiger partial charge in [0, 0.05) is 38.0 Å². The largest absolute Gasteiger partial charge is 0.385 e. The van der Waals surface area contributed by atoms with Crippen molar-refractivity contribution < 1.29 is 9.53 Å². The summed E-state index contributed by atoms with van der Waals surface area (Å²) in [6, 6.07) is 7.76. The average molecular weight is 276 g/mol. The van der Waals surface area contributed by atoms with Gasteiger partial charge in [0.25, 0.3) is 5.91 Å². The number of anilines is 1. The highest BCUT2D eigenvalue weighted by molar-refractivity contribution is 5.94. The molecule has 0 atom stereocenters. The Morgan fingerprint density at radius 2 is 1.95 bits per heavy atom. The fourth-order valence-corrected chi connectivity index (χ4v) is 2.48. The van der Waals surface area contributed by atoms with Crippen LogP contribution in [-0.2, 0) is 4.74 Å². The third-order valence-electron chi connectivity index (χ3n) is 3.77. The maximum Gasteiger partial charge on any atom is 0.253 e. The zero-order chi connectivity index (χ0) is 14.4. The molecule has 1 heterocycles. The van der Waals surface area contributed by atoms with Gasteiger partial charge in [0.2, 0.25) is 0 Å². The first-order valence-corrected chi connectivity index (χ1v) is 7.40. The molecule has 2 rings (SSSR count). The fourth-order valence-electron chi connectivity index (χ4n) is 2.48. The molecule has 1 fully saturated rings. The van der Waals surface area contributed by atoms with Crippen molar-refractivity contribution in [3.05, 3.63) is 29.8 Å². The lowest BCUT2D eigenvalue weighted by Crippen LogP contribution is -2.40. The first kappa shape index (κ1) is 14.9. The molecule has 0 radical (unpaired) electrons. The van der Waals surface area contributed by atoms with E-state index < -0.39 is 0 Å². The Morgan fingerprint density at radius 3 is 2.50 bits per heavy atom. The van der Waals surface area contributed by atoms with Crippen molar-refractivity contribution in [3.63, 3.8) is 0 Å². The van der Waals surface area contributed by atoms with Gasteiger partial charge in [-0.3, -0.25) is 4.79 Å². The molecule has 110 valence electrons. The molecule has 1 amide bonds. The summed E-state index contributed by atoms with van der Waals surface area (Å²) in [6.07, 6.45) is 3.26. The second-order valence-corrected chi connectivity index (χ2v) is 5.23. The van der Waals surface area contributed by atoms with Gasteiger partial charge in [-0.25, -0.2) is 0 Å². The molecule has 0 saturated carbocycles. The van der Waals surface area contributed by atoms with Gasteiger partial charge < -0.3 is 15.0 Å². The number of carbonyl (C=O) groups excluding carboxylic acids is 1. The standard InChI is InChI=1S/C16H24N2O2/c1-3-10-17-14-6-4-13(5-7-14)16(19)18-11-8-15(20-2)9-12-18/h4-7,15,17H,3,8-12H2,1-2H3. The summed E-state index contributed by atoms with van der Waals surface area (Å²) >= 11 is 0. The zero-order valence-corrected chi connectivity index (χ0v) is 12.4. The van der Waals surface area contributed by atoms with E-state index in [1.807, 2.05) is 29.2 Å². The molecule has 0 bridgehead atoms. The van der Waals surface area contributed by atoms with E-state index in [0.29, 0.717) is 6.10 Å². The quantitative estimate of drug-likeness (QED) is 0.899. The number of ether oxygens (including phenoxy) is 1. The summed E-state index contributed by atoms with van der Waals surface area (Å²) < 4.78 is 5.33. The van der Waals surface area contributed by atoms with Crippen LogP contribution in [0.1, 0.15) is 36.5 Å². The summed E-state index contributed by atoms with van der Waals surface area (Å²) in [7, 11) is 1.74. The summed E-state index contributed by atoms with van der Waals surface area (Å²) in [5.41, 5.74) is 1.84. The Balaban J connectivity index is 1.92. The van der Waals surface area contributed by atoms with E-state index in [4.69, 9.17) is 4.74 Å². The molecular weight excluding hydrogens is 252 g/mol. The molecule has 20 heavy (non-hydrogen) atoms. The van der Waals surface area contributed by atoms with Crippen LogP contribution in [-0.4, -0.2) is 43.7 Å². The van der Waals surface area contributed by atoms with E-state index in [1.54, 1.807) is 7.11 Å². The zero-order valence-electron chi connectivity index (χ0n) is 12.4. The molecule has 0 unspecified atom stereocenters. The number of nitrogens with one attached hydrogen (secondary N) is 1. The second-order valence-electron chi connectivity index (χ2n) is 5.23. The Bertz CT molecular complexity index is 423. The fraction of sp³-hybridized carbons (Fsp3) is 0.562. The van der Waals surface area contributed by atoms with Crippen LogP contribution in [0.2, 0.25) is 0 Å². The number of hydrogen-bond acceptors (Lipinski definition) is 3. The van der Waals surface area contributed by atoms with E-state index in [0.717, 1.165) is 50.1 Å². The maximum atomic E-state index is 12.4. The van der Waals surface area contributed by atoms with Crippen LogP contribution < -0.4 is 5.32 Å². The lowest BCUT2D eigenvalue weighted by atomic mass is 10.1. The van der Waals surface area contributed by atoms with Crippen LogP contribution in [0.15, 0.2) is 24.3 Å². The molecule has 1 aromatic carbocycles. The van der Waals surface area contributed by atoms with Crippen molar-refractivity contribution in [2.75, 3.05) is 32.1 Å².